The lowest BCUT2D eigenvalue weighted by Gasteiger charge is -2.33. The maximum Gasteiger partial charge on any atom is 0.252 e. The molecule has 0 saturated heterocycles. The Morgan fingerprint density at radius 2 is 1.88 bits per heavy atom. The highest BCUT2D eigenvalue weighted by Gasteiger charge is 2.36. The number of aryl methyl sites for hydroxylation is 2. The van der Waals surface area contributed by atoms with Crippen molar-refractivity contribution in [2.75, 3.05) is 5.32 Å². The van der Waals surface area contributed by atoms with Crippen LogP contribution in [0.5, 0.6) is 0 Å². The predicted molar refractivity (Wildman–Crippen MR) is 97.7 cm³/mol. The summed E-state index contributed by atoms with van der Waals surface area (Å²) in [6.45, 7) is 0. The van der Waals surface area contributed by atoms with E-state index in [4.69, 9.17) is 0 Å². The Hall–Kier alpha value is -3.13. The number of benzene rings is 2. The largest absolute Gasteiger partial charge is 0.333 e. The van der Waals surface area contributed by atoms with Crippen molar-refractivity contribution < 1.29 is 9.59 Å². The maximum absolute atomic E-state index is 12.8. The summed E-state index contributed by atoms with van der Waals surface area (Å²) in [6, 6.07) is 15.7. The maximum atomic E-state index is 12.8. The Morgan fingerprint density at radius 3 is 2.69 bits per heavy atom. The molecule has 0 saturated carbocycles. The zero-order chi connectivity index (χ0) is 18.1. The van der Waals surface area contributed by atoms with Crippen molar-refractivity contribution in [3.05, 3.63) is 64.7 Å². The van der Waals surface area contributed by atoms with Gasteiger partial charge in [0.2, 0.25) is 5.91 Å². The number of carbonyl (C=O) groups is 2. The minimum atomic E-state index is -0.879. The molecule has 0 fully saturated rings. The van der Waals surface area contributed by atoms with E-state index in [1.165, 1.54) is 5.56 Å². The third-order valence-corrected chi connectivity index (χ3v) is 5.26. The van der Waals surface area contributed by atoms with Gasteiger partial charge >= 0.3 is 0 Å². The summed E-state index contributed by atoms with van der Waals surface area (Å²) in [4.78, 5) is 24.3. The van der Waals surface area contributed by atoms with Gasteiger partial charge in [-0.05, 0) is 54.2 Å². The van der Waals surface area contributed by atoms with Gasteiger partial charge in [-0.15, -0.1) is 0 Å². The van der Waals surface area contributed by atoms with Crippen molar-refractivity contribution >= 4 is 17.5 Å². The van der Waals surface area contributed by atoms with Gasteiger partial charge in [0.25, 0.3) is 5.91 Å². The Kier molecular flexibility index (Phi) is 3.96. The molecule has 2 aromatic carbocycles. The van der Waals surface area contributed by atoms with E-state index in [9.17, 15) is 14.9 Å². The number of hydrogen-bond acceptors (Lipinski definition) is 3. The fourth-order valence-electron chi connectivity index (χ4n) is 3.78. The number of anilines is 1. The number of nitriles is 1. The van der Waals surface area contributed by atoms with Crippen LogP contribution in [0.15, 0.2) is 42.5 Å². The average molecular weight is 345 g/mol. The number of amides is 2. The van der Waals surface area contributed by atoms with E-state index in [1.54, 1.807) is 12.1 Å². The topological polar surface area (TPSA) is 82.0 Å². The van der Waals surface area contributed by atoms with Crippen molar-refractivity contribution in [1.29, 1.82) is 5.26 Å². The monoisotopic (exact) mass is 345 g/mol. The van der Waals surface area contributed by atoms with Gasteiger partial charge in [0.15, 0.2) is 0 Å². The highest BCUT2D eigenvalue weighted by molar-refractivity contribution is 5.98. The molecule has 2 aliphatic rings. The smallest absolute Gasteiger partial charge is 0.252 e. The quantitative estimate of drug-likeness (QED) is 0.878. The predicted octanol–water partition coefficient (Wildman–Crippen LogP) is 2.75. The fourth-order valence-corrected chi connectivity index (χ4v) is 3.78. The van der Waals surface area contributed by atoms with Crippen LogP contribution in [-0.2, 0) is 24.1 Å². The van der Waals surface area contributed by atoms with E-state index in [1.807, 2.05) is 24.3 Å². The van der Waals surface area contributed by atoms with Crippen LogP contribution in [0.3, 0.4) is 0 Å². The van der Waals surface area contributed by atoms with E-state index in [0.717, 1.165) is 23.2 Å². The van der Waals surface area contributed by atoms with Gasteiger partial charge in [0.05, 0.1) is 6.07 Å². The van der Waals surface area contributed by atoms with Crippen LogP contribution in [0, 0.1) is 11.3 Å². The minimum Gasteiger partial charge on any atom is -0.333 e. The van der Waals surface area contributed by atoms with Gasteiger partial charge < -0.3 is 10.6 Å². The first-order valence-corrected chi connectivity index (χ1v) is 8.82. The Labute approximate surface area is 152 Å². The zero-order valence-electron chi connectivity index (χ0n) is 14.3. The molecule has 1 aliphatic carbocycles. The summed E-state index contributed by atoms with van der Waals surface area (Å²) in [7, 11) is 0. The van der Waals surface area contributed by atoms with Gasteiger partial charge in [-0.25, -0.2) is 0 Å². The molecular formula is C21H19N3O2. The van der Waals surface area contributed by atoms with Crippen molar-refractivity contribution in [3.8, 4) is 6.07 Å². The van der Waals surface area contributed by atoms with Crippen LogP contribution in [0.25, 0.3) is 0 Å². The standard InChI is InChI=1S/C21H19N3O2/c22-13-21(10-9-14-3-1-2-4-17(14)12-21)24-20(26)16-5-7-18-15(11-16)6-8-19(25)23-18/h1-5,7,11H,6,8-10,12H2,(H,23,25)(H,24,26). The summed E-state index contributed by atoms with van der Waals surface area (Å²) >= 11 is 0. The van der Waals surface area contributed by atoms with Crippen molar-refractivity contribution in [2.45, 2.75) is 37.6 Å². The molecule has 1 aliphatic heterocycles. The Balaban J connectivity index is 1.56. The van der Waals surface area contributed by atoms with E-state index in [0.29, 0.717) is 31.2 Å². The normalized spacial score (nSPS) is 21.0. The third kappa shape index (κ3) is 2.95. The average Bonchev–Trinajstić information content (AvgIpc) is 2.67. The summed E-state index contributed by atoms with van der Waals surface area (Å²) < 4.78 is 0. The molecule has 5 heteroatoms. The lowest BCUT2D eigenvalue weighted by Crippen LogP contribution is -2.51. The minimum absolute atomic E-state index is 0.000920. The first-order valence-electron chi connectivity index (χ1n) is 8.82. The summed E-state index contributed by atoms with van der Waals surface area (Å²) in [6.07, 6.45) is 2.95. The molecule has 130 valence electrons. The number of rotatable bonds is 2. The van der Waals surface area contributed by atoms with E-state index < -0.39 is 5.54 Å². The molecule has 0 spiro atoms. The SMILES string of the molecule is N#CC1(NC(=O)c2ccc3c(c2)CCC(=O)N3)CCc2ccccc2C1. The number of hydrogen-bond donors (Lipinski definition) is 2. The van der Waals surface area contributed by atoms with Crippen molar-refractivity contribution in [2.24, 2.45) is 0 Å². The van der Waals surface area contributed by atoms with Crippen LogP contribution < -0.4 is 10.6 Å². The highest BCUT2D eigenvalue weighted by atomic mass is 16.2. The molecular weight excluding hydrogens is 326 g/mol. The van der Waals surface area contributed by atoms with E-state index in [-0.39, 0.29) is 11.8 Å². The summed E-state index contributed by atoms with van der Waals surface area (Å²) in [5.74, 6) is -0.246. The van der Waals surface area contributed by atoms with Crippen LogP contribution in [0.1, 0.15) is 39.9 Å². The van der Waals surface area contributed by atoms with Gasteiger partial charge in [-0.1, -0.05) is 24.3 Å². The molecule has 2 amide bonds. The fraction of sp³-hybridized carbons (Fsp3) is 0.286. The zero-order valence-corrected chi connectivity index (χ0v) is 14.3. The van der Waals surface area contributed by atoms with E-state index in [2.05, 4.69) is 22.8 Å². The number of fused-ring (bicyclic) bond motifs is 2. The first kappa shape index (κ1) is 16.3. The van der Waals surface area contributed by atoms with Crippen molar-refractivity contribution in [3.63, 3.8) is 0 Å². The van der Waals surface area contributed by atoms with Gasteiger partial charge in [-0.2, -0.15) is 5.26 Å². The number of nitrogens with one attached hydrogen (secondary N) is 2. The van der Waals surface area contributed by atoms with Gasteiger partial charge in [-0.3, -0.25) is 9.59 Å². The second-order valence-electron chi connectivity index (χ2n) is 7.01. The molecule has 1 atom stereocenters. The van der Waals surface area contributed by atoms with Gasteiger partial charge in [0.1, 0.15) is 5.54 Å². The van der Waals surface area contributed by atoms with Crippen LogP contribution in [-0.4, -0.2) is 17.4 Å². The molecule has 0 aromatic heterocycles. The second-order valence-corrected chi connectivity index (χ2v) is 7.01. The van der Waals surface area contributed by atoms with Crippen LogP contribution in [0.2, 0.25) is 0 Å². The third-order valence-electron chi connectivity index (χ3n) is 5.26. The molecule has 26 heavy (non-hydrogen) atoms. The molecule has 2 N–H and O–H groups in total. The number of nitrogens with zero attached hydrogens (tertiary/aromatic N) is 1. The van der Waals surface area contributed by atoms with Crippen molar-refractivity contribution in [1.82, 2.24) is 5.32 Å². The Morgan fingerprint density at radius 1 is 1.08 bits per heavy atom. The Bertz CT molecular complexity index is 945. The molecule has 0 radical (unpaired) electrons. The summed E-state index contributed by atoms with van der Waals surface area (Å²) in [5.41, 5.74) is 3.73. The lowest BCUT2D eigenvalue weighted by atomic mass is 9.78. The van der Waals surface area contributed by atoms with E-state index >= 15 is 0 Å². The first-order chi connectivity index (χ1) is 12.6. The summed E-state index contributed by atoms with van der Waals surface area (Å²) in [5, 5.41) is 15.6. The molecule has 1 heterocycles. The molecule has 5 nitrogen and oxygen atoms in total. The molecule has 2 aromatic rings. The van der Waals surface area contributed by atoms with Gasteiger partial charge in [0, 0.05) is 24.1 Å². The van der Waals surface area contributed by atoms with Crippen LogP contribution >= 0.6 is 0 Å². The molecule has 0 bridgehead atoms. The second kappa shape index (κ2) is 6.30. The molecule has 1 unspecified atom stereocenters. The highest BCUT2D eigenvalue weighted by Crippen LogP contribution is 2.29. The molecule has 4 rings (SSSR count). The van der Waals surface area contributed by atoms with Crippen LogP contribution in [0.4, 0.5) is 5.69 Å². The lowest BCUT2D eigenvalue weighted by molar-refractivity contribution is -0.116. The number of carbonyl (C=O) groups excluding carboxylic acids is 2.